The van der Waals surface area contributed by atoms with Crippen molar-refractivity contribution in [1.29, 1.82) is 0 Å². The molecule has 0 spiro atoms. The number of fused-ring (bicyclic) bond motifs is 1. The minimum Gasteiger partial charge on any atom is -0.454 e. The lowest BCUT2D eigenvalue weighted by atomic mass is 9.87. The number of Topliss-reactive ketones (excluding diaryl/α,β-unsaturated/α-hetero) is 1. The van der Waals surface area contributed by atoms with Crippen molar-refractivity contribution in [2.24, 2.45) is 0 Å². The zero-order chi connectivity index (χ0) is 16.7. The predicted octanol–water partition coefficient (Wildman–Crippen LogP) is 3.05. The van der Waals surface area contributed by atoms with Crippen LogP contribution < -0.4 is 9.47 Å². The standard InChI is InChI=1S/C16H13ClNO5/c1-7-4-11-16(22-6-21-11)13(9(3)20)12(7)10(5-19)15-14(17)8(2)18-23-15/h4-5H,6H2,1-3H3. The molecule has 3 rings (SSSR count). The molecule has 1 aliphatic rings. The molecule has 0 bridgehead atoms. The van der Waals surface area contributed by atoms with Crippen LogP contribution in [-0.4, -0.2) is 24.0 Å². The van der Waals surface area contributed by atoms with Crippen molar-refractivity contribution in [3.63, 3.8) is 0 Å². The molecule has 0 unspecified atom stereocenters. The van der Waals surface area contributed by atoms with Crippen molar-refractivity contribution in [3.05, 3.63) is 45.2 Å². The molecule has 0 aliphatic carbocycles. The number of carbonyl (C=O) groups is 2. The molecule has 1 radical (unpaired) electrons. The molecule has 6 nitrogen and oxygen atoms in total. The van der Waals surface area contributed by atoms with Gasteiger partial charge >= 0.3 is 0 Å². The Morgan fingerprint density at radius 1 is 1.30 bits per heavy atom. The van der Waals surface area contributed by atoms with Gasteiger partial charge < -0.3 is 18.8 Å². The molecule has 0 N–H and O–H groups in total. The summed E-state index contributed by atoms with van der Waals surface area (Å²) in [6.45, 7) is 4.85. The number of ketones is 1. The van der Waals surface area contributed by atoms with Crippen molar-refractivity contribution >= 4 is 23.7 Å². The van der Waals surface area contributed by atoms with Crippen molar-refractivity contribution in [3.8, 4) is 11.5 Å². The minimum atomic E-state index is -0.253. The molecular weight excluding hydrogens is 322 g/mol. The van der Waals surface area contributed by atoms with Crippen molar-refractivity contribution in [2.45, 2.75) is 20.8 Å². The summed E-state index contributed by atoms with van der Waals surface area (Å²) >= 11 is 6.16. The molecule has 7 heteroatoms. The van der Waals surface area contributed by atoms with Crippen LogP contribution in [0.2, 0.25) is 5.02 Å². The summed E-state index contributed by atoms with van der Waals surface area (Å²) in [5, 5.41) is 3.99. The third kappa shape index (κ3) is 2.39. The molecule has 1 aromatic carbocycles. The first kappa shape index (κ1) is 15.6. The van der Waals surface area contributed by atoms with Gasteiger partial charge in [0.2, 0.25) is 6.79 Å². The Kier molecular flexibility index (Phi) is 3.85. The molecule has 1 aliphatic heterocycles. The van der Waals surface area contributed by atoms with Crippen LogP contribution in [0.1, 0.15) is 39.9 Å². The number of aryl methyl sites for hydroxylation is 2. The van der Waals surface area contributed by atoms with Crippen LogP contribution in [0.4, 0.5) is 0 Å². The Morgan fingerprint density at radius 3 is 2.61 bits per heavy atom. The van der Waals surface area contributed by atoms with Gasteiger partial charge in [-0.1, -0.05) is 16.8 Å². The van der Waals surface area contributed by atoms with Crippen LogP contribution in [0.15, 0.2) is 10.6 Å². The number of carbonyl (C=O) groups excluding carboxylic acids is 2. The second-order valence-corrected chi connectivity index (χ2v) is 5.55. The number of aldehydes is 1. The normalized spacial score (nSPS) is 12.7. The maximum Gasteiger partial charge on any atom is 0.231 e. The summed E-state index contributed by atoms with van der Waals surface area (Å²) < 4.78 is 15.9. The number of ether oxygens (including phenoxy) is 2. The Labute approximate surface area is 137 Å². The highest BCUT2D eigenvalue weighted by Gasteiger charge is 2.33. The zero-order valence-electron chi connectivity index (χ0n) is 12.7. The van der Waals surface area contributed by atoms with Gasteiger partial charge in [-0.25, -0.2) is 0 Å². The van der Waals surface area contributed by atoms with E-state index in [4.69, 9.17) is 25.6 Å². The van der Waals surface area contributed by atoms with E-state index in [0.717, 1.165) is 0 Å². The summed E-state index contributed by atoms with van der Waals surface area (Å²) in [5.41, 5.74) is 1.81. The molecule has 0 saturated carbocycles. The van der Waals surface area contributed by atoms with E-state index in [0.29, 0.717) is 34.6 Å². The molecule has 23 heavy (non-hydrogen) atoms. The Hall–Kier alpha value is -2.34. The SMILES string of the molecule is CC(=O)c1c2c(cc(C)c1[C](C=O)c1onc(C)c1Cl)OCO2. The Balaban J connectivity index is 2.28. The lowest BCUT2D eigenvalue weighted by Gasteiger charge is -2.16. The number of aromatic nitrogens is 1. The van der Waals surface area contributed by atoms with E-state index in [1.807, 2.05) is 0 Å². The van der Waals surface area contributed by atoms with Gasteiger partial charge in [0.1, 0.15) is 17.2 Å². The van der Waals surface area contributed by atoms with Crippen LogP contribution in [0.3, 0.4) is 0 Å². The third-order valence-corrected chi connectivity index (χ3v) is 4.08. The van der Waals surface area contributed by atoms with Crippen LogP contribution in [0.5, 0.6) is 11.5 Å². The second kappa shape index (κ2) is 5.70. The molecule has 2 aromatic rings. The summed E-state index contributed by atoms with van der Waals surface area (Å²) in [6, 6.07) is 1.71. The first-order chi connectivity index (χ1) is 11.0. The molecule has 0 fully saturated rings. The highest BCUT2D eigenvalue weighted by Crippen LogP contribution is 2.43. The molecule has 0 amide bonds. The fourth-order valence-electron chi connectivity index (χ4n) is 2.61. The van der Waals surface area contributed by atoms with Gasteiger partial charge in [0, 0.05) is 0 Å². The number of nitrogens with zero attached hydrogens (tertiary/aromatic N) is 1. The lowest BCUT2D eigenvalue weighted by molar-refractivity contribution is -0.105. The number of hydrogen-bond donors (Lipinski definition) is 0. The van der Waals surface area contributed by atoms with Gasteiger partial charge in [0.15, 0.2) is 23.0 Å². The molecule has 0 atom stereocenters. The van der Waals surface area contributed by atoms with Crippen LogP contribution in [0, 0.1) is 19.8 Å². The topological polar surface area (TPSA) is 78.6 Å². The third-order valence-electron chi connectivity index (χ3n) is 3.64. The van der Waals surface area contributed by atoms with Gasteiger partial charge in [0.25, 0.3) is 0 Å². The first-order valence-corrected chi connectivity index (χ1v) is 7.22. The van der Waals surface area contributed by atoms with Gasteiger partial charge in [-0.3, -0.25) is 4.79 Å². The Morgan fingerprint density at radius 2 is 2.04 bits per heavy atom. The van der Waals surface area contributed by atoms with E-state index in [9.17, 15) is 9.59 Å². The van der Waals surface area contributed by atoms with E-state index in [-0.39, 0.29) is 34.8 Å². The maximum absolute atomic E-state index is 12.2. The van der Waals surface area contributed by atoms with E-state index in [2.05, 4.69) is 5.16 Å². The Bertz CT molecular complexity index is 811. The smallest absolute Gasteiger partial charge is 0.231 e. The van der Waals surface area contributed by atoms with Crippen LogP contribution in [-0.2, 0) is 4.79 Å². The lowest BCUT2D eigenvalue weighted by Crippen LogP contribution is -2.12. The van der Waals surface area contributed by atoms with Gasteiger partial charge in [-0.05, 0) is 38.0 Å². The zero-order valence-corrected chi connectivity index (χ0v) is 13.5. The fraction of sp³-hybridized carbons (Fsp3) is 0.250. The average Bonchev–Trinajstić information content (AvgIpc) is 3.08. The fourth-order valence-corrected chi connectivity index (χ4v) is 2.78. The summed E-state index contributed by atoms with van der Waals surface area (Å²) in [4.78, 5) is 23.9. The molecule has 119 valence electrons. The summed E-state index contributed by atoms with van der Waals surface area (Å²) in [5.74, 6) is 0.823. The van der Waals surface area contributed by atoms with Crippen LogP contribution >= 0.6 is 11.6 Å². The van der Waals surface area contributed by atoms with E-state index in [1.165, 1.54) is 6.92 Å². The molecule has 0 saturated heterocycles. The molecule has 1 aromatic heterocycles. The monoisotopic (exact) mass is 334 g/mol. The van der Waals surface area contributed by atoms with E-state index in [1.54, 1.807) is 19.9 Å². The minimum absolute atomic E-state index is 0.0249. The number of rotatable bonds is 4. The summed E-state index contributed by atoms with van der Waals surface area (Å²) in [7, 11) is 0. The summed E-state index contributed by atoms with van der Waals surface area (Å²) in [6.07, 6.45) is 0.600. The predicted molar refractivity (Wildman–Crippen MR) is 81.1 cm³/mol. The quantitative estimate of drug-likeness (QED) is 0.631. The average molecular weight is 335 g/mol. The maximum atomic E-state index is 12.2. The van der Waals surface area contributed by atoms with E-state index >= 15 is 0 Å². The number of hydrogen-bond acceptors (Lipinski definition) is 6. The highest BCUT2D eigenvalue weighted by molar-refractivity contribution is 6.32. The van der Waals surface area contributed by atoms with Gasteiger partial charge in [-0.15, -0.1) is 0 Å². The molecular formula is C16H13ClNO5. The van der Waals surface area contributed by atoms with Gasteiger partial charge in [-0.2, -0.15) is 0 Å². The van der Waals surface area contributed by atoms with E-state index < -0.39 is 0 Å². The second-order valence-electron chi connectivity index (χ2n) is 5.18. The first-order valence-electron chi connectivity index (χ1n) is 6.84. The number of halogens is 1. The largest absolute Gasteiger partial charge is 0.454 e. The van der Waals surface area contributed by atoms with Crippen molar-refractivity contribution in [2.75, 3.05) is 6.79 Å². The van der Waals surface area contributed by atoms with Crippen LogP contribution in [0.25, 0.3) is 0 Å². The highest BCUT2D eigenvalue weighted by atomic mass is 35.5. The van der Waals surface area contributed by atoms with Crippen molar-refractivity contribution in [1.82, 2.24) is 5.16 Å². The number of benzene rings is 1. The van der Waals surface area contributed by atoms with Crippen molar-refractivity contribution < 1.29 is 23.6 Å². The molecule has 2 heterocycles. The van der Waals surface area contributed by atoms with Gasteiger partial charge in [0.05, 0.1) is 11.3 Å².